The smallest absolute Gasteiger partial charge is 0.251 e. The number of hydrogen-bond acceptors (Lipinski definition) is 5. The summed E-state index contributed by atoms with van der Waals surface area (Å²) in [5.41, 5.74) is 1.39. The largest absolute Gasteiger partial charge is 0.454 e. The molecule has 0 bridgehead atoms. The van der Waals surface area contributed by atoms with Crippen molar-refractivity contribution in [2.75, 3.05) is 46.6 Å². The third kappa shape index (κ3) is 4.10. The third-order valence-corrected chi connectivity index (χ3v) is 5.30. The number of amides is 1. The molecule has 2 aromatic rings. The van der Waals surface area contributed by atoms with Crippen molar-refractivity contribution < 1.29 is 18.7 Å². The molecule has 1 N–H and O–H groups in total. The van der Waals surface area contributed by atoms with Gasteiger partial charge in [0.2, 0.25) is 6.79 Å². The summed E-state index contributed by atoms with van der Waals surface area (Å²) in [7, 11) is 2.11. The Balaban J connectivity index is 1.52. The number of piperazine rings is 1. The molecule has 2 aliphatic rings. The number of hydrogen-bond donors (Lipinski definition) is 1. The number of nitrogens with one attached hydrogen (secondary N) is 1. The second-order valence-corrected chi connectivity index (χ2v) is 7.19. The Kier molecular flexibility index (Phi) is 5.45. The van der Waals surface area contributed by atoms with Gasteiger partial charge < -0.3 is 19.7 Å². The van der Waals surface area contributed by atoms with Crippen molar-refractivity contribution in [1.82, 2.24) is 15.1 Å². The average Bonchev–Trinajstić information content (AvgIpc) is 3.17. The summed E-state index contributed by atoms with van der Waals surface area (Å²) in [6, 6.07) is 11.7. The Labute approximate surface area is 163 Å². The van der Waals surface area contributed by atoms with Crippen LogP contribution in [0.4, 0.5) is 4.39 Å². The molecule has 0 spiro atoms. The zero-order valence-electron chi connectivity index (χ0n) is 15.9. The fraction of sp³-hybridized carbons (Fsp3) is 0.381. The predicted molar refractivity (Wildman–Crippen MR) is 103 cm³/mol. The van der Waals surface area contributed by atoms with Gasteiger partial charge in [-0.3, -0.25) is 9.69 Å². The highest BCUT2D eigenvalue weighted by Crippen LogP contribution is 2.35. The molecule has 4 rings (SSSR count). The molecule has 6 nitrogen and oxygen atoms in total. The second kappa shape index (κ2) is 8.16. The van der Waals surface area contributed by atoms with Crippen molar-refractivity contribution in [2.24, 2.45) is 0 Å². The molecule has 0 aliphatic carbocycles. The quantitative estimate of drug-likeness (QED) is 0.856. The van der Waals surface area contributed by atoms with Gasteiger partial charge in [0.05, 0.1) is 6.04 Å². The minimum Gasteiger partial charge on any atom is -0.454 e. The third-order valence-electron chi connectivity index (χ3n) is 5.30. The minimum atomic E-state index is -0.418. The van der Waals surface area contributed by atoms with Crippen molar-refractivity contribution in [3.8, 4) is 11.5 Å². The van der Waals surface area contributed by atoms with Crippen LogP contribution in [0.5, 0.6) is 11.5 Å². The summed E-state index contributed by atoms with van der Waals surface area (Å²) in [4.78, 5) is 17.2. The summed E-state index contributed by atoms with van der Waals surface area (Å²) >= 11 is 0. The number of fused-ring (bicyclic) bond motifs is 1. The van der Waals surface area contributed by atoms with Crippen LogP contribution in [0.3, 0.4) is 0 Å². The molecule has 1 atom stereocenters. The van der Waals surface area contributed by atoms with E-state index in [1.807, 2.05) is 18.2 Å². The zero-order chi connectivity index (χ0) is 19.5. The Morgan fingerprint density at radius 2 is 1.89 bits per heavy atom. The zero-order valence-corrected chi connectivity index (χ0v) is 15.9. The molecule has 148 valence electrons. The van der Waals surface area contributed by atoms with Gasteiger partial charge in [0, 0.05) is 38.3 Å². The summed E-state index contributed by atoms with van der Waals surface area (Å²) in [5.74, 6) is 0.774. The predicted octanol–water partition coefficient (Wildman–Crippen LogP) is 2.27. The first-order chi connectivity index (χ1) is 13.6. The van der Waals surface area contributed by atoms with Gasteiger partial charge in [0.25, 0.3) is 5.91 Å². The molecular weight excluding hydrogens is 361 g/mol. The number of nitrogens with zero attached hydrogens (tertiary/aromatic N) is 2. The summed E-state index contributed by atoms with van der Waals surface area (Å²) in [6.45, 7) is 4.42. The van der Waals surface area contributed by atoms with E-state index in [4.69, 9.17) is 9.47 Å². The first kappa shape index (κ1) is 18.7. The highest BCUT2D eigenvalue weighted by molar-refractivity contribution is 5.94. The van der Waals surface area contributed by atoms with Crippen LogP contribution in [-0.4, -0.2) is 62.3 Å². The highest BCUT2D eigenvalue weighted by Gasteiger charge is 2.26. The Hall–Kier alpha value is -2.64. The van der Waals surface area contributed by atoms with Gasteiger partial charge in [0.1, 0.15) is 5.82 Å². The second-order valence-electron chi connectivity index (χ2n) is 7.19. The van der Waals surface area contributed by atoms with E-state index < -0.39 is 5.82 Å². The van der Waals surface area contributed by atoms with Gasteiger partial charge in [0.15, 0.2) is 11.5 Å². The van der Waals surface area contributed by atoms with Crippen LogP contribution in [0.1, 0.15) is 22.0 Å². The van der Waals surface area contributed by atoms with Crippen LogP contribution >= 0.6 is 0 Å². The number of halogens is 1. The molecule has 0 unspecified atom stereocenters. The van der Waals surface area contributed by atoms with E-state index in [1.54, 1.807) is 12.1 Å². The average molecular weight is 385 g/mol. The molecule has 2 aliphatic heterocycles. The van der Waals surface area contributed by atoms with Gasteiger partial charge in [-0.15, -0.1) is 0 Å². The maximum atomic E-state index is 13.4. The lowest BCUT2D eigenvalue weighted by Gasteiger charge is -2.38. The number of likely N-dealkylation sites (N-methyl/N-ethyl adjacent to an activating group) is 1. The lowest BCUT2D eigenvalue weighted by Crippen LogP contribution is -2.48. The minimum absolute atomic E-state index is 0.000657. The molecule has 0 aromatic heterocycles. The molecule has 28 heavy (non-hydrogen) atoms. The van der Waals surface area contributed by atoms with E-state index >= 15 is 0 Å². The van der Waals surface area contributed by atoms with Crippen molar-refractivity contribution >= 4 is 5.91 Å². The van der Waals surface area contributed by atoms with Gasteiger partial charge in [-0.2, -0.15) is 0 Å². The number of rotatable bonds is 5. The Morgan fingerprint density at radius 1 is 1.11 bits per heavy atom. The lowest BCUT2D eigenvalue weighted by molar-refractivity contribution is 0.0885. The van der Waals surface area contributed by atoms with E-state index in [1.165, 1.54) is 12.1 Å². The number of carbonyl (C=O) groups is 1. The highest BCUT2D eigenvalue weighted by atomic mass is 19.1. The van der Waals surface area contributed by atoms with Gasteiger partial charge in [-0.1, -0.05) is 12.1 Å². The van der Waals surface area contributed by atoms with Crippen LogP contribution in [0.15, 0.2) is 42.5 Å². The van der Waals surface area contributed by atoms with Crippen molar-refractivity contribution in [3.05, 3.63) is 59.4 Å². The van der Waals surface area contributed by atoms with Crippen LogP contribution < -0.4 is 14.8 Å². The number of ether oxygens (including phenoxy) is 2. The first-order valence-corrected chi connectivity index (χ1v) is 9.46. The number of carbonyl (C=O) groups excluding carboxylic acids is 1. The Morgan fingerprint density at radius 3 is 2.68 bits per heavy atom. The molecule has 0 radical (unpaired) electrons. The van der Waals surface area contributed by atoms with E-state index in [2.05, 4.69) is 22.2 Å². The van der Waals surface area contributed by atoms with Crippen LogP contribution in [0.25, 0.3) is 0 Å². The molecule has 2 heterocycles. The van der Waals surface area contributed by atoms with Crippen LogP contribution in [-0.2, 0) is 0 Å². The number of benzene rings is 2. The fourth-order valence-electron chi connectivity index (χ4n) is 3.63. The monoisotopic (exact) mass is 385 g/mol. The fourth-order valence-corrected chi connectivity index (χ4v) is 3.63. The maximum Gasteiger partial charge on any atom is 0.251 e. The molecule has 2 aromatic carbocycles. The Bertz CT molecular complexity index is 853. The van der Waals surface area contributed by atoms with Crippen molar-refractivity contribution in [2.45, 2.75) is 6.04 Å². The first-order valence-electron chi connectivity index (χ1n) is 9.46. The summed E-state index contributed by atoms with van der Waals surface area (Å²) < 4.78 is 24.4. The maximum absolute atomic E-state index is 13.4. The van der Waals surface area contributed by atoms with Gasteiger partial charge >= 0.3 is 0 Å². The normalized spacial score (nSPS) is 18.1. The molecule has 0 saturated carbocycles. The van der Waals surface area contributed by atoms with Crippen molar-refractivity contribution in [1.29, 1.82) is 0 Å². The summed E-state index contributed by atoms with van der Waals surface area (Å²) in [5, 5.41) is 2.97. The van der Waals surface area contributed by atoms with Crippen LogP contribution in [0.2, 0.25) is 0 Å². The van der Waals surface area contributed by atoms with E-state index in [0.29, 0.717) is 12.1 Å². The summed E-state index contributed by atoms with van der Waals surface area (Å²) in [6.07, 6.45) is 0. The topological polar surface area (TPSA) is 54.0 Å². The molecular formula is C21H24FN3O3. The van der Waals surface area contributed by atoms with Crippen LogP contribution in [0, 0.1) is 5.82 Å². The molecule has 1 fully saturated rings. The van der Waals surface area contributed by atoms with Gasteiger partial charge in [-0.25, -0.2) is 4.39 Å². The molecule has 7 heteroatoms. The van der Waals surface area contributed by atoms with E-state index in [-0.39, 0.29) is 18.7 Å². The van der Waals surface area contributed by atoms with Crippen molar-refractivity contribution in [3.63, 3.8) is 0 Å². The molecule has 1 saturated heterocycles. The standard InChI is InChI=1S/C21H24FN3O3/c1-24-7-9-25(10-8-24)18(15-5-6-19-20(12-15)28-14-27-19)13-23-21(26)16-3-2-4-17(22)11-16/h2-6,11-12,18H,7-10,13-14H2,1H3,(H,23,26)/t18-/m1/s1. The van der Waals surface area contributed by atoms with E-state index in [9.17, 15) is 9.18 Å². The molecule has 1 amide bonds. The van der Waals surface area contributed by atoms with E-state index in [0.717, 1.165) is 43.2 Å². The SMILES string of the molecule is CN1CCN([C@H](CNC(=O)c2cccc(F)c2)c2ccc3c(c2)OCO3)CC1. The lowest BCUT2D eigenvalue weighted by atomic mass is 10.0. The van der Waals surface area contributed by atoms with Gasteiger partial charge in [-0.05, 0) is 42.9 Å².